The fourth-order valence-electron chi connectivity index (χ4n) is 3.62. The summed E-state index contributed by atoms with van der Waals surface area (Å²) < 4.78 is 17.0. The van der Waals surface area contributed by atoms with Crippen molar-refractivity contribution in [2.45, 2.75) is 17.8 Å². The van der Waals surface area contributed by atoms with Crippen LogP contribution in [0.4, 0.5) is 0 Å². The summed E-state index contributed by atoms with van der Waals surface area (Å²) in [4.78, 5) is 26.7. The van der Waals surface area contributed by atoms with Gasteiger partial charge in [-0.3, -0.25) is 0 Å². The summed E-state index contributed by atoms with van der Waals surface area (Å²) in [7, 11) is 2.27. The van der Waals surface area contributed by atoms with Crippen molar-refractivity contribution < 1.29 is 28.9 Å². The molecule has 0 aliphatic rings. The fourth-order valence-corrected chi connectivity index (χ4v) is 4.01. The van der Waals surface area contributed by atoms with Crippen LogP contribution in [-0.4, -0.2) is 36.9 Å². The van der Waals surface area contributed by atoms with Gasteiger partial charge in [-0.05, 0) is 47.0 Å². The number of rotatable bonds is 9. The first-order valence-corrected chi connectivity index (χ1v) is 11.7. The molecule has 0 heterocycles. The highest BCUT2D eigenvalue weighted by Gasteiger charge is 2.63. The highest BCUT2D eigenvalue weighted by molar-refractivity contribution is 9.10. The van der Waals surface area contributed by atoms with Crippen LogP contribution in [0, 0.1) is 0 Å². The molecule has 0 aliphatic heterocycles. The van der Waals surface area contributed by atoms with Gasteiger partial charge in [0, 0.05) is 9.50 Å². The maximum absolute atomic E-state index is 13.5. The van der Waals surface area contributed by atoms with E-state index in [9.17, 15) is 14.7 Å². The van der Waals surface area contributed by atoms with Gasteiger partial charge in [-0.2, -0.15) is 0 Å². The molecule has 0 amide bonds. The minimum atomic E-state index is -2.61. The van der Waals surface area contributed by atoms with Crippen LogP contribution in [0.25, 0.3) is 6.08 Å². The summed E-state index contributed by atoms with van der Waals surface area (Å²) >= 11 is 9.33. The molecule has 3 aromatic carbocycles. The first kappa shape index (κ1) is 26.6. The summed E-state index contributed by atoms with van der Waals surface area (Å²) in [6.45, 7) is -0.111. The Morgan fingerprint density at radius 3 is 2.09 bits per heavy atom. The van der Waals surface area contributed by atoms with E-state index in [-0.39, 0.29) is 12.2 Å². The van der Waals surface area contributed by atoms with Crippen LogP contribution < -0.4 is 0 Å². The number of carbonyl (C=O) groups excluding carboxylic acids is 2. The minimum Gasteiger partial charge on any atom is -0.467 e. The third kappa shape index (κ3) is 5.65. The van der Waals surface area contributed by atoms with Crippen LogP contribution >= 0.6 is 27.5 Å². The Balaban J connectivity index is 2.24. The van der Waals surface area contributed by atoms with Gasteiger partial charge < -0.3 is 19.3 Å². The lowest BCUT2D eigenvalue weighted by Crippen LogP contribution is -2.62. The van der Waals surface area contributed by atoms with Crippen molar-refractivity contribution in [2.24, 2.45) is 0 Å². The number of hydrogen-bond acceptors (Lipinski definition) is 6. The average Bonchev–Trinajstić information content (AvgIpc) is 2.89. The number of carbonyl (C=O) groups is 2. The topological polar surface area (TPSA) is 82.1 Å². The van der Waals surface area contributed by atoms with Gasteiger partial charge in [0.25, 0.3) is 0 Å². The first-order chi connectivity index (χ1) is 16.8. The Labute approximate surface area is 217 Å². The fraction of sp³-hybridized carbons (Fsp3) is 0.185. The number of hydrogen-bond donors (Lipinski definition) is 1. The lowest BCUT2D eigenvalue weighted by molar-refractivity contribution is -0.218. The van der Waals surface area contributed by atoms with Gasteiger partial charge in [0.15, 0.2) is 0 Å². The monoisotopic (exact) mass is 558 g/mol. The maximum atomic E-state index is 13.5. The van der Waals surface area contributed by atoms with Crippen LogP contribution in [0.5, 0.6) is 0 Å². The van der Waals surface area contributed by atoms with Crippen molar-refractivity contribution in [3.05, 3.63) is 111 Å². The molecule has 35 heavy (non-hydrogen) atoms. The molecule has 1 N–H and O–H groups in total. The van der Waals surface area contributed by atoms with E-state index >= 15 is 0 Å². The van der Waals surface area contributed by atoms with Gasteiger partial charge in [-0.15, -0.1) is 0 Å². The Bertz CT molecular complexity index is 1180. The van der Waals surface area contributed by atoms with Crippen molar-refractivity contribution in [1.29, 1.82) is 0 Å². The molecule has 0 unspecified atom stereocenters. The van der Waals surface area contributed by atoms with Crippen molar-refractivity contribution in [1.82, 2.24) is 0 Å². The average molecular weight is 560 g/mol. The normalized spacial score (nSPS) is 14.7. The summed E-state index contributed by atoms with van der Waals surface area (Å²) in [5.41, 5.74) is -3.40. The van der Waals surface area contributed by atoms with E-state index in [1.807, 2.05) is 18.2 Å². The van der Waals surface area contributed by atoms with Crippen molar-refractivity contribution in [3.8, 4) is 0 Å². The molecule has 0 radical (unpaired) electrons. The molecule has 0 spiro atoms. The SMILES string of the molecule is COC(=O)[C@@](OCc1ccccc1)(c1ccc(Br)cc1)[C@](O)(/C=C/c1ccc(Cl)cc1)C(=O)OC. The third-order valence-electron chi connectivity index (χ3n) is 5.44. The predicted octanol–water partition coefficient (Wildman–Crippen LogP) is 5.31. The third-order valence-corrected chi connectivity index (χ3v) is 6.22. The molecule has 8 heteroatoms. The van der Waals surface area contributed by atoms with Gasteiger partial charge in [-0.1, -0.05) is 88.2 Å². The van der Waals surface area contributed by atoms with Gasteiger partial charge >= 0.3 is 11.9 Å². The molecule has 182 valence electrons. The standard InChI is InChI=1S/C27H24BrClO6/c1-33-24(30)26(32,17-16-19-8-14-23(29)15-9-19)27(25(31)34-2,21-10-12-22(28)13-11-21)35-18-20-6-4-3-5-7-20/h3-17,32H,18H2,1-2H3/b17-16+/t26-,27-/m0/s1. The zero-order valence-corrected chi connectivity index (χ0v) is 21.5. The van der Waals surface area contributed by atoms with E-state index < -0.39 is 23.1 Å². The Kier molecular flexibility index (Phi) is 8.86. The van der Waals surface area contributed by atoms with Crippen molar-refractivity contribution in [3.63, 3.8) is 0 Å². The second kappa shape index (κ2) is 11.6. The van der Waals surface area contributed by atoms with Gasteiger partial charge in [0.05, 0.1) is 20.8 Å². The van der Waals surface area contributed by atoms with E-state index in [4.69, 9.17) is 25.8 Å². The number of aliphatic hydroxyl groups is 1. The Morgan fingerprint density at radius 2 is 1.51 bits per heavy atom. The lowest BCUT2D eigenvalue weighted by Gasteiger charge is -2.41. The molecule has 0 aliphatic carbocycles. The van der Waals surface area contributed by atoms with Crippen LogP contribution in [0.15, 0.2) is 89.4 Å². The summed E-state index contributed by atoms with van der Waals surface area (Å²) in [6.07, 6.45) is 2.65. The van der Waals surface area contributed by atoms with E-state index in [0.717, 1.165) is 18.7 Å². The van der Waals surface area contributed by atoms with Gasteiger partial charge in [0.1, 0.15) is 0 Å². The highest BCUT2D eigenvalue weighted by Crippen LogP contribution is 2.42. The summed E-state index contributed by atoms with van der Waals surface area (Å²) in [6, 6.07) is 22.2. The lowest BCUT2D eigenvalue weighted by atomic mass is 9.76. The van der Waals surface area contributed by atoms with Gasteiger partial charge in [0.2, 0.25) is 11.2 Å². The number of ether oxygens (including phenoxy) is 3. The van der Waals surface area contributed by atoms with E-state index in [1.165, 1.54) is 12.2 Å². The highest BCUT2D eigenvalue weighted by atomic mass is 79.9. The molecule has 0 saturated heterocycles. The van der Waals surface area contributed by atoms with E-state index in [0.29, 0.717) is 16.1 Å². The van der Waals surface area contributed by atoms with Gasteiger partial charge in [-0.25, -0.2) is 9.59 Å². The summed E-state index contributed by atoms with van der Waals surface area (Å²) in [5, 5.41) is 12.5. The molecule has 0 fully saturated rings. The zero-order chi connectivity index (χ0) is 25.5. The second-order valence-electron chi connectivity index (χ2n) is 7.60. The van der Waals surface area contributed by atoms with Crippen LogP contribution in [0.1, 0.15) is 16.7 Å². The first-order valence-electron chi connectivity index (χ1n) is 10.5. The quantitative estimate of drug-likeness (QED) is 0.358. The van der Waals surface area contributed by atoms with Crippen LogP contribution in [-0.2, 0) is 36.0 Å². The van der Waals surface area contributed by atoms with Crippen molar-refractivity contribution in [2.75, 3.05) is 14.2 Å². The second-order valence-corrected chi connectivity index (χ2v) is 8.95. The molecule has 2 atom stereocenters. The molecule has 3 rings (SSSR count). The number of methoxy groups -OCH3 is 2. The molecular weight excluding hydrogens is 536 g/mol. The molecule has 3 aromatic rings. The number of halogens is 2. The zero-order valence-electron chi connectivity index (χ0n) is 19.1. The molecular formula is C27H24BrClO6. The predicted molar refractivity (Wildman–Crippen MR) is 137 cm³/mol. The molecule has 0 bridgehead atoms. The number of benzene rings is 3. The number of esters is 2. The van der Waals surface area contributed by atoms with Crippen LogP contribution in [0.3, 0.4) is 0 Å². The van der Waals surface area contributed by atoms with Crippen molar-refractivity contribution >= 4 is 45.5 Å². The Morgan fingerprint density at radius 1 is 0.914 bits per heavy atom. The maximum Gasteiger partial charge on any atom is 0.346 e. The molecule has 6 nitrogen and oxygen atoms in total. The summed E-state index contributed by atoms with van der Waals surface area (Å²) in [5.74, 6) is -2.09. The Hall–Kier alpha value is -2.97. The smallest absolute Gasteiger partial charge is 0.346 e. The molecule has 0 saturated carbocycles. The molecule has 0 aromatic heterocycles. The van der Waals surface area contributed by atoms with Crippen LogP contribution in [0.2, 0.25) is 5.02 Å². The largest absolute Gasteiger partial charge is 0.467 e. The minimum absolute atomic E-state index is 0.111. The van der Waals surface area contributed by atoms with E-state index in [2.05, 4.69) is 15.9 Å². The van der Waals surface area contributed by atoms with E-state index in [1.54, 1.807) is 60.7 Å².